The van der Waals surface area contributed by atoms with E-state index in [4.69, 9.17) is 11.6 Å². The van der Waals surface area contributed by atoms with Crippen molar-refractivity contribution in [1.82, 2.24) is 9.88 Å². The van der Waals surface area contributed by atoms with E-state index in [1.807, 2.05) is 6.20 Å². The Balaban J connectivity index is 1.97. The fraction of sp³-hybridized carbons (Fsp3) is 0.727. The predicted molar refractivity (Wildman–Crippen MR) is 65.5 cm³/mol. The lowest BCUT2D eigenvalue weighted by molar-refractivity contribution is 0.137. The van der Waals surface area contributed by atoms with Gasteiger partial charge in [-0.3, -0.25) is 4.90 Å². The van der Waals surface area contributed by atoms with Gasteiger partial charge in [0, 0.05) is 23.7 Å². The standard InChI is InChI=1S/C11H17ClN2S/c1-2-9-5-3-4-6-14(9)8-10-7-13-11(12)15-10/h7,9H,2-6,8H2,1H3/t9-/m1/s1. The Morgan fingerprint density at radius 1 is 1.60 bits per heavy atom. The number of aromatic nitrogens is 1. The third-order valence-electron chi connectivity index (χ3n) is 3.10. The van der Waals surface area contributed by atoms with Crippen molar-refractivity contribution in [3.05, 3.63) is 15.5 Å². The van der Waals surface area contributed by atoms with Crippen LogP contribution < -0.4 is 0 Å². The number of nitrogens with zero attached hydrogens (tertiary/aromatic N) is 2. The molecule has 1 aliphatic rings. The summed E-state index contributed by atoms with van der Waals surface area (Å²) in [5.41, 5.74) is 0. The van der Waals surface area contributed by atoms with Gasteiger partial charge in [0.15, 0.2) is 4.47 Å². The summed E-state index contributed by atoms with van der Waals surface area (Å²) in [7, 11) is 0. The van der Waals surface area contributed by atoms with Crippen molar-refractivity contribution in [2.75, 3.05) is 6.54 Å². The smallest absolute Gasteiger partial charge is 0.183 e. The van der Waals surface area contributed by atoms with Gasteiger partial charge in [0.05, 0.1) is 0 Å². The van der Waals surface area contributed by atoms with Gasteiger partial charge in [-0.1, -0.05) is 24.9 Å². The van der Waals surface area contributed by atoms with Crippen LogP contribution in [0.15, 0.2) is 6.20 Å². The van der Waals surface area contributed by atoms with E-state index >= 15 is 0 Å². The minimum absolute atomic E-state index is 0.662. The maximum Gasteiger partial charge on any atom is 0.183 e. The summed E-state index contributed by atoms with van der Waals surface area (Å²) >= 11 is 7.44. The van der Waals surface area contributed by atoms with Crippen LogP contribution in [0.4, 0.5) is 0 Å². The topological polar surface area (TPSA) is 16.1 Å². The normalized spacial score (nSPS) is 23.2. The second-order valence-electron chi connectivity index (χ2n) is 4.11. The molecule has 1 fully saturated rings. The van der Waals surface area contributed by atoms with E-state index < -0.39 is 0 Å². The summed E-state index contributed by atoms with van der Waals surface area (Å²) in [4.78, 5) is 7.96. The lowest BCUT2D eigenvalue weighted by Crippen LogP contribution is -2.38. The lowest BCUT2D eigenvalue weighted by Gasteiger charge is -2.34. The Labute approximate surface area is 100 Å². The molecule has 1 aromatic rings. The highest BCUT2D eigenvalue weighted by molar-refractivity contribution is 7.15. The van der Waals surface area contributed by atoms with E-state index in [0.29, 0.717) is 4.47 Å². The number of hydrogen-bond donors (Lipinski definition) is 0. The number of piperidine rings is 1. The molecular weight excluding hydrogens is 228 g/mol. The molecule has 84 valence electrons. The fourth-order valence-electron chi connectivity index (χ4n) is 2.29. The van der Waals surface area contributed by atoms with Gasteiger partial charge in [0.1, 0.15) is 0 Å². The van der Waals surface area contributed by atoms with Gasteiger partial charge in [0.2, 0.25) is 0 Å². The van der Waals surface area contributed by atoms with Gasteiger partial charge in [-0.05, 0) is 25.8 Å². The first-order valence-electron chi connectivity index (χ1n) is 5.64. The van der Waals surface area contributed by atoms with Crippen molar-refractivity contribution >= 4 is 22.9 Å². The van der Waals surface area contributed by atoms with Crippen LogP contribution in [0.1, 0.15) is 37.5 Å². The summed E-state index contributed by atoms with van der Waals surface area (Å²) in [6, 6.07) is 0.764. The van der Waals surface area contributed by atoms with Crippen LogP contribution >= 0.6 is 22.9 Å². The Hall–Kier alpha value is -0.120. The summed E-state index contributed by atoms with van der Waals surface area (Å²) in [5, 5.41) is 0. The molecule has 1 atom stereocenters. The highest BCUT2D eigenvalue weighted by Gasteiger charge is 2.21. The largest absolute Gasteiger partial charge is 0.295 e. The summed E-state index contributed by atoms with van der Waals surface area (Å²) in [6.45, 7) is 4.54. The highest BCUT2D eigenvalue weighted by atomic mass is 35.5. The third kappa shape index (κ3) is 2.92. The zero-order valence-electron chi connectivity index (χ0n) is 9.08. The molecule has 0 saturated carbocycles. The van der Waals surface area contributed by atoms with Crippen LogP contribution in [-0.4, -0.2) is 22.5 Å². The molecule has 2 heterocycles. The molecule has 0 unspecified atom stereocenters. The maximum absolute atomic E-state index is 5.84. The maximum atomic E-state index is 5.84. The first kappa shape index (κ1) is 11.4. The van der Waals surface area contributed by atoms with Crippen LogP contribution in [0.5, 0.6) is 0 Å². The lowest BCUT2D eigenvalue weighted by atomic mass is 10.0. The van der Waals surface area contributed by atoms with Gasteiger partial charge >= 0.3 is 0 Å². The Bertz CT molecular complexity index is 313. The molecule has 4 heteroatoms. The average Bonchev–Trinajstić information content (AvgIpc) is 2.65. The van der Waals surface area contributed by atoms with Crippen molar-refractivity contribution in [3.63, 3.8) is 0 Å². The summed E-state index contributed by atoms with van der Waals surface area (Å²) < 4.78 is 0.662. The molecule has 1 aliphatic heterocycles. The quantitative estimate of drug-likeness (QED) is 0.808. The van der Waals surface area contributed by atoms with Gasteiger partial charge in [-0.15, -0.1) is 11.3 Å². The van der Waals surface area contributed by atoms with E-state index in [2.05, 4.69) is 16.8 Å². The Morgan fingerprint density at radius 2 is 2.47 bits per heavy atom. The number of rotatable bonds is 3. The summed E-state index contributed by atoms with van der Waals surface area (Å²) in [6.07, 6.45) is 7.24. The minimum Gasteiger partial charge on any atom is -0.295 e. The molecule has 2 nitrogen and oxygen atoms in total. The molecule has 0 amide bonds. The van der Waals surface area contributed by atoms with E-state index in [1.165, 1.54) is 37.1 Å². The number of thiazole rings is 1. The van der Waals surface area contributed by atoms with Gasteiger partial charge in [-0.2, -0.15) is 0 Å². The first-order chi connectivity index (χ1) is 7.29. The molecule has 0 N–H and O–H groups in total. The van der Waals surface area contributed by atoms with Crippen molar-refractivity contribution in [2.24, 2.45) is 0 Å². The highest BCUT2D eigenvalue weighted by Crippen LogP contribution is 2.25. The molecule has 0 radical (unpaired) electrons. The molecule has 0 aliphatic carbocycles. The van der Waals surface area contributed by atoms with Crippen LogP contribution in [-0.2, 0) is 6.54 Å². The van der Waals surface area contributed by atoms with Crippen LogP contribution in [0.3, 0.4) is 0 Å². The van der Waals surface area contributed by atoms with E-state index in [9.17, 15) is 0 Å². The monoisotopic (exact) mass is 244 g/mol. The van der Waals surface area contributed by atoms with Crippen molar-refractivity contribution < 1.29 is 0 Å². The second kappa shape index (κ2) is 5.28. The fourth-order valence-corrected chi connectivity index (χ4v) is 3.29. The minimum atomic E-state index is 0.662. The third-order valence-corrected chi connectivity index (χ3v) is 4.20. The molecule has 15 heavy (non-hydrogen) atoms. The summed E-state index contributed by atoms with van der Waals surface area (Å²) in [5.74, 6) is 0. The molecular formula is C11H17ClN2S. The molecule has 0 aromatic carbocycles. The number of likely N-dealkylation sites (tertiary alicyclic amines) is 1. The van der Waals surface area contributed by atoms with Crippen molar-refractivity contribution in [1.29, 1.82) is 0 Å². The molecule has 1 saturated heterocycles. The predicted octanol–water partition coefficient (Wildman–Crippen LogP) is 3.56. The van der Waals surface area contributed by atoms with Gasteiger partial charge < -0.3 is 0 Å². The molecule has 0 spiro atoms. The van der Waals surface area contributed by atoms with Crippen LogP contribution in [0.25, 0.3) is 0 Å². The van der Waals surface area contributed by atoms with Crippen LogP contribution in [0, 0.1) is 0 Å². The van der Waals surface area contributed by atoms with Gasteiger partial charge in [0.25, 0.3) is 0 Å². The van der Waals surface area contributed by atoms with Crippen LogP contribution in [0.2, 0.25) is 4.47 Å². The number of halogens is 1. The van der Waals surface area contributed by atoms with Gasteiger partial charge in [-0.25, -0.2) is 4.98 Å². The van der Waals surface area contributed by atoms with Crippen molar-refractivity contribution in [2.45, 2.75) is 45.2 Å². The van der Waals surface area contributed by atoms with E-state index in [-0.39, 0.29) is 0 Å². The van der Waals surface area contributed by atoms with E-state index in [1.54, 1.807) is 11.3 Å². The second-order valence-corrected chi connectivity index (χ2v) is 5.81. The van der Waals surface area contributed by atoms with E-state index in [0.717, 1.165) is 12.6 Å². The molecule has 1 aromatic heterocycles. The average molecular weight is 245 g/mol. The molecule has 0 bridgehead atoms. The zero-order chi connectivity index (χ0) is 10.7. The zero-order valence-corrected chi connectivity index (χ0v) is 10.7. The first-order valence-corrected chi connectivity index (χ1v) is 6.83. The number of hydrogen-bond acceptors (Lipinski definition) is 3. The van der Waals surface area contributed by atoms with Crippen molar-refractivity contribution in [3.8, 4) is 0 Å². The Kier molecular flexibility index (Phi) is 4.00. The Morgan fingerprint density at radius 3 is 3.13 bits per heavy atom. The molecule has 2 rings (SSSR count). The SMILES string of the molecule is CC[C@@H]1CCCCN1Cc1cnc(Cl)s1.